The van der Waals surface area contributed by atoms with Crippen LogP contribution in [0, 0.1) is 6.92 Å². The van der Waals surface area contributed by atoms with E-state index in [-0.39, 0.29) is 12.4 Å². The average molecular weight is 490 g/mol. The van der Waals surface area contributed by atoms with Crippen LogP contribution in [0.3, 0.4) is 0 Å². The van der Waals surface area contributed by atoms with Crippen LogP contribution in [0.15, 0.2) is 77.3 Å². The zero-order valence-corrected chi connectivity index (χ0v) is 19.2. The van der Waals surface area contributed by atoms with Crippen molar-refractivity contribution in [1.82, 2.24) is 4.98 Å². The number of methoxy groups -OCH3 is 1. The smallest absolute Gasteiger partial charge is 0.339 e. The second kappa shape index (κ2) is 9.32. The van der Waals surface area contributed by atoms with Crippen LogP contribution in [0.25, 0.3) is 22.2 Å². The molecule has 0 atom stereocenters. The number of aromatic nitrogens is 1. The van der Waals surface area contributed by atoms with E-state index in [9.17, 15) is 9.59 Å². The quantitative estimate of drug-likeness (QED) is 0.244. The summed E-state index contributed by atoms with van der Waals surface area (Å²) in [5.74, 6) is -0.152. The van der Waals surface area contributed by atoms with Gasteiger partial charge in [0.25, 0.3) is 0 Å². The number of pyridine rings is 1. The van der Waals surface area contributed by atoms with Crippen molar-refractivity contribution in [3.8, 4) is 17.0 Å². The van der Waals surface area contributed by atoms with E-state index < -0.39 is 5.97 Å². The Balaban J connectivity index is 1.74. The summed E-state index contributed by atoms with van der Waals surface area (Å²) in [7, 11) is 1.60. The predicted octanol–water partition coefficient (Wildman–Crippen LogP) is 6.02. The van der Waals surface area contributed by atoms with Crippen LogP contribution in [0.2, 0.25) is 0 Å². The molecule has 0 aliphatic carbocycles. The van der Waals surface area contributed by atoms with Crippen molar-refractivity contribution >= 4 is 38.6 Å². The van der Waals surface area contributed by atoms with Gasteiger partial charge >= 0.3 is 5.97 Å². The third kappa shape index (κ3) is 4.55. The maximum atomic E-state index is 13.1. The number of nitrogens with zero attached hydrogens (tertiary/aromatic N) is 1. The van der Waals surface area contributed by atoms with E-state index in [1.54, 1.807) is 37.4 Å². The highest BCUT2D eigenvalue weighted by Crippen LogP contribution is 2.31. The van der Waals surface area contributed by atoms with E-state index in [0.29, 0.717) is 33.5 Å². The number of rotatable bonds is 6. The number of hydrogen-bond donors (Lipinski definition) is 0. The summed E-state index contributed by atoms with van der Waals surface area (Å²) in [6, 6.07) is 21.7. The molecule has 0 bridgehead atoms. The minimum atomic E-state index is -0.580. The standard InChI is InChI=1S/C26H20BrNO4/c1-16-11-19(27)13-21-22(26(30)32-15-24(29)17-7-4-3-5-8-17)14-23(28-25(16)21)18-9-6-10-20(12-18)31-2/h3-14H,15H2,1-2H3. The Kier molecular flexibility index (Phi) is 6.32. The van der Waals surface area contributed by atoms with Crippen LogP contribution >= 0.6 is 15.9 Å². The number of esters is 1. The molecule has 0 N–H and O–H groups in total. The van der Waals surface area contributed by atoms with Gasteiger partial charge < -0.3 is 9.47 Å². The van der Waals surface area contributed by atoms with Gasteiger partial charge in [-0.15, -0.1) is 0 Å². The summed E-state index contributed by atoms with van der Waals surface area (Å²) in [5, 5.41) is 0.653. The zero-order valence-electron chi connectivity index (χ0n) is 17.6. The van der Waals surface area contributed by atoms with E-state index in [1.807, 2.05) is 49.4 Å². The molecular weight excluding hydrogens is 470 g/mol. The highest BCUT2D eigenvalue weighted by Gasteiger charge is 2.19. The molecule has 1 aromatic heterocycles. The van der Waals surface area contributed by atoms with Gasteiger partial charge in [0.1, 0.15) is 5.75 Å². The Morgan fingerprint density at radius 3 is 2.50 bits per heavy atom. The third-order valence-electron chi connectivity index (χ3n) is 5.08. The van der Waals surface area contributed by atoms with Crippen molar-refractivity contribution in [1.29, 1.82) is 0 Å². The summed E-state index contributed by atoms with van der Waals surface area (Å²) in [6.07, 6.45) is 0. The monoisotopic (exact) mass is 489 g/mol. The van der Waals surface area contributed by atoms with E-state index >= 15 is 0 Å². The minimum Gasteiger partial charge on any atom is -0.497 e. The summed E-state index contributed by atoms with van der Waals surface area (Å²) in [6.45, 7) is 1.59. The molecule has 6 heteroatoms. The normalized spacial score (nSPS) is 10.7. The summed E-state index contributed by atoms with van der Waals surface area (Å²) >= 11 is 3.49. The molecule has 0 saturated heterocycles. The van der Waals surface area contributed by atoms with Gasteiger partial charge in [0.2, 0.25) is 0 Å². The molecule has 0 spiro atoms. The van der Waals surface area contributed by atoms with Crippen LogP contribution in [0.1, 0.15) is 26.3 Å². The van der Waals surface area contributed by atoms with Gasteiger partial charge in [-0.2, -0.15) is 0 Å². The number of benzene rings is 3. The van der Waals surface area contributed by atoms with Gasteiger partial charge in [-0.3, -0.25) is 4.79 Å². The number of fused-ring (bicyclic) bond motifs is 1. The Morgan fingerprint density at radius 1 is 0.969 bits per heavy atom. The van der Waals surface area contributed by atoms with Gasteiger partial charge in [-0.1, -0.05) is 58.4 Å². The molecule has 0 aliphatic heterocycles. The second-order valence-electron chi connectivity index (χ2n) is 7.27. The number of aryl methyl sites for hydroxylation is 1. The molecule has 0 radical (unpaired) electrons. The molecule has 32 heavy (non-hydrogen) atoms. The molecule has 4 rings (SSSR count). The minimum absolute atomic E-state index is 0.261. The Hall–Kier alpha value is -3.51. The first kappa shape index (κ1) is 21.7. The molecule has 3 aromatic carbocycles. The van der Waals surface area contributed by atoms with Crippen molar-refractivity contribution in [2.75, 3.05) is 13.7 Å². The number of ketones is 1. The number of carbonyl (C=O) groups is 2. The van der Waals surface area contributed by atoms with Gasteiger partial charge in [-0.25, -0.2) is 9.78 Å². The van der Waals surface area contributed by atoms with Crippen LogP contribution in [-0.2, 0) is 4.74 Å². The first-order chi connectivity index (χ1) is 15.5. The molecule has 0 aliphatic rings. The number of hydrogen-bond acceptors (Lipinski definition) is 5. The third-order valence-corrected chi connectivity index (χ3v) is 5.54. The Bertz CT molecular complexity index is 1320. The first-order valence-corrected chi connectivity index (χ1v) is 10.8. The molecule has 1 heterocycles. The molecular formula is C26H20BrNO4. The fraction of sp³-hybridized carbons (Fsp3) is 0.115. The topological polar surface area (TPSA) is 65.5 Å². The zero-order chi connectivity index (χ0) is 22.7. The number of carbonyl (C=O) groups excluding carboxylic acids is 2. The maximum absolute atomic E-state index is 13.1. The SMILES string of the molecule is COc1cccc(-c2cc(C(=O)OCC(=O)c3ccccc3)c3cc(Br)cc(C)c3n2)c1. The van der Waals surface area contributed by atoms with E-state index in [1.165, 1.54) is 0 Å². The fourth-order valence-electron chi connectivity index (χ4n) is 3.47. The van der Waals surface area contributed by atoms with E-state index in [2.05, 4.69) is 15.9 Å². The Labute approximate surface area is 194 Å². The van der Waals surface area contributed by atoms with Crippen molar-refractivity contribution in [3.63, 3.8) is 0 Å². The van der Waals surface area contributed by atoms with Crippen LogP contribution in [0.5, 0.6) is 5.75 Å². The lowest BCUT2D eigenvalue weighted by Crippen LogP contribution is -2.15. The molecule has 0 amide bonds. The van der Waals surface area contributed by atoms with Gasteiger partial charge in [0.05, 0.1) is 23.9 Å². The summed E-state index contributed by atoms with van der Waals surface area (Å²) in [4.78, 5) is 30.3. The van der Waals surface area contributed by atoms with E-state index in [0.717, 1.165) is 15.6 Å². The lowest BCUT2D eigenvalue weighted by Gasteiger charge is -2.12. The molecule has 160 valence electrons. The molecule has 0 saturated carbocycles. The van der Waals surface area contributed by atoms with Crippen molar-refractivity contribution in [3.05, 3.63) is 94.0 Å². The number of Topliss-reactive ketones (excluding diaryl/α,β-unsaturated/α-hetero) is 1. The number of ether oxygens (including phenoxy) is 2. The van der Waals surface area contributed by atoms with Gasteiger partial charge in [0, 0.05) is 21.0 Å². The molecule has 0 fully saturated rings. The van der Waals surface area contributed by atoms with Gasteiger partial charge in [-0.05, 0) is 42.8 Å². The van der Waals surface area contributed by atoms with E-state index in [4.69, 9.17) is 14.5 Å². The van der Waals surface area contributed by atoms with Crippen molar-refractivity contribution < 1.29 is 19.1 Å². The highest BCUT2D eigenvalue weighted by atomic mass is 79.9. The number of halogens is 1. The Morgan fingerprint density at radius 2 is 1.75 bits per heavy atom. The summed E-state index contributed by atoms with van der Waals surface area (Å²) < 4.78 is 11.6. The van der Waals surface area contributed by atoms with Crippen LogP contribution < -0.4 is 4.74 Å². The second-order valence-corrected chi connectivity index (χ2v) is 8.19. The summed E-state index contributed by atoms with van der Waals surface area (Å²) in [5.41, 5.74) is 3.86. The average Bonchev–Trinajstić information content (AvgIpc) is 2.82. The maximum Gasteiger partial charge on any atom is 0.339 e. The predicted molar refractivity (Wildman–Crippen MR) is 127 cm³/mol. The largest absolute Gasteiger partial charge is 0.497 e. The molecule has 4 aromatic rings. The highest BCUT2D eigenvalue weighted by molar-refractivity contribution is 9.10. The van der Waals surface area contributed by atoms with Crippen LogP contribution in [-0.4, -0.2) is 30.5 Å². The lowest BCUT2D eigenvalue weighted by molar-refractivity contribution is 0.0476. The van der Waals surface area contributed by atoms with Gasteiger partial charge in [0.15, 0.2) is 12.4 Å². The van der Waals surface area contributed by atoms with Crippen molar-refractivity contribution in [2.24, 2.45) is 0 Å². The van der Waals surface area contributed by atoms with Crippen molar-refractivity contribution in [2.45, 2.75) is 6.92 Å². The first-order valence-electron chi connectivity index (χ1n) is 9.97. The van der Waals surface area contributed by atoms with Crippen LogP contribution in [0.4, 0.5) is 0 Å². The lowest BCUT2D eigenvalue weighted by atomic mass is 10.0. The fourth-order valence-corrected chi connectivity index (χ4v) is 4.04. The molecule has 0 unspecified atom stereocenters. The molecule has 5 nitrogen and oxygen atoms in total.